The molecule has 5 nitrogen and oxygen atoms in total. The Morgan fingerprint density at radius 2 is 2.32 bits per heavy atom. The number of benzene rings is 1. The molecule has 2 aromatic rings. The van der Waals surface area contributed by atoms with Gasteiger partial charge in [0.25, 0.3) is 0 Å². The Bertz CT molecular complexity index is 666. The molecule has 0 bridgehead atoms. The summed E-state index contributed by atoms with van der Waals surface area (Å²) in [5, 5.41) is 9.77. The zero-order valence-electron chi connectivity index (χ0n) is 12.7. The summed E-state index contributed by atoms with van der Waals surface area (Å²) in [4.78, 5) is 2.43. The van der Waals surface area contributed by atoms with Gasteiger partial charge in [-0.1, -0.05) is 35.5 Å². The number of nitrogens with zero attached hydrogens (tertiary/aromatic N) is 4. The van der Waals surface area contributed by atoms with Crippen LogP contribution in [0.2, 0.25) is 0 Å². The number of thioether (sulfide) groups is 1. The van der Waals surface area contributed by atoms with Gasteiger partial charge in [-0.05, 0) is 25.8 Å². The van der Waals surface area contributed by atoms with Crippen LogP contribution < -0.4 is 0 Å². The van der Waals surface area contributed by atoms with Gasteiger partial charge in [-0.3, -0.25) is 9.47 Å². The summed E-state index contributed by atoms with van der Waals surface area (Å²) in [5.41, 5.74) is 2.38. The molecule has 2 aliphatic heterocycles. The van der Waals surface area contributed by atoms with Crippen molar-refractivity contribution in [1.29, 1.82) is 0 Å². The standard InChI is InChI=1S/C16H20N4OS/c1-12-4-2-5-13(8-12)15-17-18-16-20(15)10-19(11-22-16)9-14-6-3-7-21-14/h2,4-5,8,14H,3,6-7,9-11H2,1H3. The van der Waals surface area contributed by atoms with Crippen LogP contribution in [0.1, 0.15) is 18.4 Å². The third-order valence-corrected chi connectivity index (χ3v) is 5.25. The first-order valence-corrected chi connectivity index (χ1v) is 8.75. The molecule has 0 saturated carbocycles. The molecule has 0 aliphatic carbocycles. The molecule has 4 rings (SSSR count). The quantitative estimate of drug-likeness (QED) is 0.871. The van der Waals surface area contributed by atoms with Crippen LogP contribution in [-0.4, -0.2) is 44.8 Å². The Morgan fingerprint density at radius 3 is 3.14 bits per heavy atom. The first-order chi connectivity index (χ1) is 10.8. The van der Waals surface area contributed by atoms with Crippen molar-refractivity contribution in [3.05, 3.63) is 29.8 Å². The molecule has 1 saturated heterocycles. The lowest BCUT2D eigenvalue weighted by Gasteiger charge is -2.29. The molecule has 6 heteroatoms. The fraction of sp³-hybridized carbons (Fsp3) is 0.500. The molecule has 0 amide bonds. The monoisotopic (exact) mass is 316 g/mol. The van der Waals surface area contributed by atoms with Gasteiger partial charge in [-0.15, -0.1) is 10.2 Å². The molecule has 0 radical (unpaired) electrons. The number of rotatable bonds is 3. The maximum atomic E-state index is 5.76. The molecule has 1 fully saturated rings. The van der Waals surface area contributed by atoms with Crippen molar-refractivity contribution < 1.29 is 4.74 Å². The van der Waals surface area contributed by atoms with E-state index >= 15 is 0 Å². The lowest BCUT2D eigenvalue weighted by Crippen LogP contribution is -2.36. The maximum absolute atomic E-state index is 5.76. The van der Waals surface area contributed by atoms with Crippen molar-refractivity contribution in [3.8, 4) is 11.4 Å². The minimum Gasteiger partial charge on any atom is -0.377 e. The summed E-state index contributed by atoms with van der Waals surface area (Å²) < 4.78 is 7.98. The minimum absolute atomic E-state index is 0.390. The average Bonchev–Trinajstić information content (AvgIpc) is 3.16. The fourth-order valence-corrected chi connectivity index (χ4v) is 3.98. The number of hydrogen-bond donors (Lipinski definition) is 0. The molecule has 116 valence electrons. The van der Waals surface area contributed by atoms with Crippen LogP contribution in [0.15, 0.2) is 29.4 Å². The summed E-state index contributed by atoms with van der Waals surface area (Å²) in [6, 6.07) is 8.46. The van der Waals surface area contributed by atoms with E-state index in [1.54, 1.807) is 11.8 Å². The van der Waals surface area contributed by atoms with Crippen molar-refractivity contribution >= 4 is 11.8 Å². The van der Waals surface area contributed by atoms with Gasteiger partial charge in [0.15, 0.2) is 11.0 Å². The number of aryl methyl sites for hydroxylation is 1. The van der Waals surface area contributed by atoms with Crippen molar-refractivity contribution in [1.82, 2.24) is 19.7 Å². The highest BCUT2D eigenvalue weighted by molar-refractivity contribution is 7.99. The zero-order chi connectivity index (χ0) is 14.9. The van der Waals surface area contributed by atoms with Crippen LogP contribution in [0, 0.1) is 6.92 Å². The second kappa shape index (κ2) is 6.02. The Labute approximate surface area is 134 Å². The van der Waals surface area contributed by atoms with E-state index in [-0.39, 0.29) is 0 Å². The molecule has 22 heavy (non-hydrogen) atoms. The minimum atomic E-state index is 0.390. The third-order valence-electron chi connectivity index (χ3n) is 4.20. The zero-order valence-corrected chi connectivity index (χ0v) is 13.6. The summed E-state index contributed by atoms with van der Waals surface area (Å²) >= 11 is 1.76. The van der Waals surface area contributed by atoms with E-state index in [2.05, 4.69) is 50.9 Å². The predicted molar refractivity (Wildman–Crippen MR) is 86.6 cm³/mol. The summed E-state index contributed by atoms with van der Waals surface area (Å²) in [5.74, 6) is 1.93. The largest absolute Gasteiger partial charge is 0.377 e. The van der Waals surface area contributed by atoms with Crippen LogP contribution >= 0.6 is 11.8 Å². The van der Waals surface area contributed by atoms with Gasteiger partial charge in [-0.25, -0.2) is 0 Å². The first-order valence-electron chi connectivity index (χ1n) is 7.76. The van der Waals surface area contributed by atoms with Crippen molar-refractivity contribution in [2.45, 2.75) is 37.7 Å². The van der Waals surface area contributed by atoms with E-state index in [1.807, 2.05) is 0 Å². The summed E-state index contributed by atoms with van der Waals surface area (Å²) in [6.07, 6.45) is 2.76. The Kier molecular flexibility index (Phi) is 3.90. The average molecular weight is 316 g/mol. The summed E-state index contributed by atoms with van der Waals surface area (Å²) in [7, 11) is 0. The van der Waals surface area contributed by atoms with Crippen molar-refractivity contribution in [2.75, 3.05) is 19.0 Å². The lowest BCUT2D eigenvalue weighted by molar-refractivity contribution is 0.0677. The van der Waals surface area contributed by atoms with E-state index in [1.165, 1.54) is 18.4 Å². The smallest absolute Gasteiger partial charge is 0.193 e. The van der Waals surface area contributed by atoms with Crippen LogP contribution in [0.4, 0.5) is 0 Å². The highest BCUT2D eigenvalue weighted by atomic mass is 32.2. The molecule has 0 spiro atoms. The van der Waals surface area contributed by atoms with Crippen LogP contribution in [0.5, 0.6) is 0 Å². The van der Waals surface area contributed by atoms with Gasteiger partial charge in [0.05, 0.1) is 18.6 Å². The third kappa shape index (κ3) is 2.78. The molecule has 0 N–H and O–H groups in total. The molecular formula is C16H20N4OS. The van der Waals surface area contributed by atoms with E-state index in [4.69, 9.17) is 4.74 Å². The second-order valence-corrected chi connectivity index (χ2v) is 6.92. The molecular weight excluding hydrogens is 296 g/mol. The number of ether oxygens (including phenoxy) is 1. The van der Waals surface area contributed by atoms with Gasteiger partial charge in [0.1, 0.15) is 0 Å². The van der Waals surface area contributed by atoms with E-state index in [0.717, 1.165) is 42.2 Å². The topological polar surface area (TPSA) is 43.2 Å². The molecule has 1 aromatic carbocycles. The van der Waals surface area contributed by atoms with Crippen molar-refractivity contribution in [2.24, 2.45) is 0 Å². The van der Waals surface area contributed by atoms with Gasteiger partial charge < -0.3 is 4.74 Å². The van der Waals surface area contributed by atoms with E-state index in [0.29, 0.717) is 6.10 Å². The first kappa shape index (κ1) is 14.2. The number of aromatic nitrogens is 3. The summed E-state index contributed by atoms with van der Waals surface area (Å²) in [6.45, 7) is 4.86. The van der Waals surface area contributed by atoms with Gasteiger partial charge in [0.2, 0.25) is 0 Å². The molecule has 1 atom stereocenters. The van der Waals surface area contributed by atoms with E-state index in [9.17, 15) is 0 Å². The molecule has 3 heterocycles. The fourth-order valence-electron chi connectivity index (χ4n) is 3.10. The lowest BCUT2D eigenvalue weighted by atomic mass is 10.1. The number of fused-ring (bicyclic) bond motifs is 1. The van der Waals surface area contributed by atoms with Gasteiger partial charge in [0, 0.05) is 18.7 Å². The molecule has 1 aromatic heterocycles. The van der Waals surface area contributed by atoms with E-state index < -0.39 is 0 Å². The molecule has 2 aliphatic rings. The SMILES string of the molecule is Cc1cccc(-c2nnc3n2CN(CC2CCCO2)CS3)c1. The van der Waals surface area contributed by atoms with Gasteiger partial charge in [-0.2, -0.15) is 0 Å². The van der Waals surface area contributed by atoms with Crippen molar-refractivity contribution in [3.63, 3.8) is 0 Å². The van der Waals surface area contributed by atoms with Gasteiger partial charge >= 0.3 is 0 Å². The van der Waals surface area contributed by atoms with Crippen LogP contribution in [-0.2, 0) is 11.4 Å². The Morgan fingerprint density at radius 1 is 1.36 bits per heavy atom. The highest BCUT2D eigenvalue weighted by Crippen LogP contribution is 2.29. The second-order valence-electron chi connectivity index (χ2n) is 6.01. The Balaban J connectivity index is 1.56. The van der Waals surface area contributed by atoms with Crippen LogP contribution in [0.3, 0.4) is 0 Å². The maximum Gasteiger partial charge on any atom is 0.193 e. The van der Waals surface area contributed by atoms with Crippen LogP contribution in [0.25, 0.3) is 11.4 Å². The Hall–Kier alpha value is -1.37. The normalized spacial score (nSPS) is 22.0. The highest BCUT2D eigenvalue weighted by Gasteiger charge is 2.25. The molecule has 1 unspecified atom stereocenters. The predicted octanol–water partition coefficient (Wildman–Crippen LogP) is 2.76. The number of hydrogen-bond acceptors (Lipinski definition) is 5.